The Morgan fingerprint density at radius 2 is 2.00 bits per heavy atom. The Kier molecular flexibility index (Phi) is 4.87. The van der Waals surface area contributed by atoms with Gasteiger partial charge in [0.05, 0.1) is 23.7 Å². The predicted molar refractivity (Wildman–Crippen MR) is 120 cm³/mol. The van der Waals surface area contributed by atoms with Gasteiger partial charge in [0.15, 0.2) is 5.69 Å². The summed E-state index contributed by atoms with van der Waals surface area (Å²) in [6, 6.07) is 15.5. The Morgan fingerprint density at radius 3 is 2.84 bits per heavy atom. The van der Waals surface area contributed by atoms with Crippen molar-refractivity contribution in [2.75, 3.05) is 13.7 Å². The van der Waals surface area contributed by atoms with Gasteiger partial charge in [-0.05, 0) is 60.4 Å². The summed E-state index contributed by atoms with van der Waals surface area (Å²) in [5, 5.41) is 5.02. The number of rotatable bonds is 3. The number of carbonyl (C=O) groups is 1. The highest BCUT2D eigenvalue weighted by Crippen LogP contribution is 2.38. The number of amides is 1. The van der Waals surface area contributed by atoms with Crippen molar-refractivity contribution >= 4 is 23.0 Å². The largest absolute Gasteiger partial charge is 0.481 e. The zero-order valence-corrected chi connectivity index (χ0v) is 18.0. The molecule has 31 heavy (non-hydrogen) atoms. The first-order valence-corrected chi connectivity index (χ1v) is 10.5. The van der Waals surface area contributed by atoms with Gasteiger partial charge in [0.1, 0.15) is 0 Å². The van der Waals surface area contributed by atoms with E-state index in [1.54, 1.807) is 36.2 Å². The molecule has 4 aromatic rings. The molecule has 0 radical (unpaired) electrons. The third-order valence-electron chi connectivity index (χ3n) is 5.89. The predicted octanol–water partition coefficient (Wildman–Crippen LogP) is 4.82. The standard InChI is InChI=1S/C24H21ClN4O2/c1-15-18-5-3-6-19(21-7-4-11-26-23(21)31-2)20(18)10-12-28(15)24(30)22-13-17-9-8-16(25)14-29(17)27-22/h3-9,11,13-15H,10,12H2,1-2H3. The van der Waals surface area contributed by atoms with E-state index in [0.29, 0.717) is 23.1 Å². The van der Waals surface area contributed by atoms with Crippen LogP contribution in [0.5, 0.6) is 5.88 Å². The zero-order chi connectivity index (χ0) is 21.5. The summed E-state index contributed by atoms with van der Waals surface area (Å²) in [4.78, 5) is 19.5. The third kappa shape index (κ3) is 3.33. The van der Waals surface area contributed by atoms with Crippen LogP contribution in [0.3, 0.4) is 0 Å². The van der Waals surface area contributed by atoms with Crippen molar-refractivity contribution < 1.29 is 9.53 Å². The summed E-state index contributed by atoms with van der Waals surface area (Å²) < 4.78 is 7.12. The molecule has 3 aromatic heterocycles. The maximum Gasteiger partial charge on any atom is 0.274 e. The van der Waals surface area contributed by atoms with Gasteiger partial charge in [-0.25, -0.2) is 9.50 Å². The minimum Gasteiger partial charge on any atom is -0.481 e. The molecule has 1 aliphatic rings. The molecular weight excluding hydrogens is 412 g/mol. The number of hydrogen-bond acceptors (Lipinski definition) is 4. The number of ether oxygens (including phenoxy) is 1. The molecule has 4 heterocycles. The fourth-order valence-electron chi connectivity index (χ4n) is 4.37. The Labute approximate surface area is 185 Å². The van der Waals surface area contributed by atoms with E-state index >= 15 is 0 Å². The molecule has 0 N–H and O–H groups in total. The van der Waals surface area contributed by atoms with Crippen molar-refractivity contribution in [2.45, 2.75) is 19.4 Å². The van der Waals surface area contributed by atoms with Crippen molar-refractivity contribution in [3.05, 3.63) is 82.8 Å². The van der Waals surface area contributed by atoms with Crippen molar-refractivity contribution in [3.8, 4) is 17.0 Å². The number of hydrogen-bond donors (Lipinski definition) is 0. The lowest BCUT2D eigenvalue weighted by Gasteiger charge is -2.36. The molecular formula is C24H21ClN4O2. The molecule has 6 nitrogen and oxygen atoms in total. The van der Waals surface area contributed by atoms with Gasteiger partial charge in [-0.2, -0.15) is 5.10 Å². The lowest BCUT2D eigenvalue weighted by atomic mass is 9.87. The number of halogens is 1. The third-order valence-corrected chi connectivity index (χ3v) is 6.11. The summed E-state index contributed by atoms with van der Waals surface area (Å²) in [7, 11) is 1.63. The summed E-state index contributed by atoms with van der Waals surface area (Å²) in [6.07, 6.45) is 4.18. The van der Waals surface area contributed by atoms with Gasteiger partial charge in [-0.3, -0.25) is 4.79 Å². The maximum absolute atomic E-state index is 13.3. The molecule has 156 valence electrons. The van der Waals surface area contributed by atoms with E-state index in [9.17, 15) is 4.79 Å². The molecule has 0 saturated heterocycles. The van der Waals surface area contributed by atoms with Crippen LogP contribution >= 0.6 is 11.6 Å². The van der Waals surface area contributed by atoms with Crippen LogP contribution in [0.1, 0.15) is 34.6 Å². The molecule has 0 saturated carbocycles. The minimum atomic E-state index is -0.0812. The molecule has 0 aliphatic carbocycles. The van der Waals surface area contributed by atoms with Gasteiger partial charge in [0.25, 0.3) is 5.91 Å². The van der Waals surface area contributed by atoms with Gasteiger partial charge >= 0.3 is 0 Å². The van der Waals surface area contributed by atoms with E-state index in [-0.39, 0.29) is 11.9 Å². The Balaban J connectivity index is 1.50. The second-order valence-corrected chi connectivity index (χ2v) is 8.04. The van der Waals surface area contributed by atoms with Gasteiger partial charge < -0.3 is 9.64 Å². The molecule has 5 rings (SSSR count). The molecule has 1 unspecified atom stereocenters. The van der Waals surface area contributed by atoms with Crippen LogP contribution in [0.15, 0.2) is 60.9 Å². The molecule has 7 heteroatoms. The van der Waals surface area contributed by atoms with Crippen molar-refractivity contribution in [3.63, 3.8) is 0 Å². The summed E-state index contributed by atoms with van der Waals surface area (Å²) in [6.45, 7) is 2.67. The van der Waals surface area contributed by atoms with Crippen LogP contribution in [0.4, 0.5) is 0 Å². The number of benzene rings is 1. The first-order chi connectivity index (χ1) is 15.1. The second kappa shape index (κ2) is 7.71. The SMILES string of the molecule is COc1ncccc1-c1cccc2c1CCN(C(=O)c1cc3ccc(Cl)cn3n1)C2C. The van der Waals surface area contributed by atoms with Crippen molar-refractivity contribution in [2.24, 2.45) is 0 Å². The highest BCUT2D eigenvalue weighted by Gasteiger charge is 2.31. The van der Waals surface area contributed by atoms with Gasteiger partial charge in [0.2, 0.25) is 5.88 Å². The van der Waals surface area contributed by atoms with E-state index in [1.807, 2.05) is 29.2 Å². The van der Waals surface area contributed by atoms with Crippen LogP contribution in [0, 0.1) is 0 Å². The van der Waals surface area contributed by atoms with Gasteiger partial charge in [0, 0.05) is 24.5 Å². The quantitative estimate of drug-likeness (QED) is 0.465. The highest BCUT2D eigenvalue weighted by atomic mass is 35.5. The number of methoxy groups -OCH3 is 1. The van der Waals surface area contributed by atoms with E-state index < -0.39 is 0 Å². The lowest BCUT2D eigenvalue weighted by molar-refractivity contribution is 0.0671. The molecule has 1 aliphatic heterocycles. The lowest BCUT2D eigenvalue weighted by Crippen LogP contribution is -2.39. The molecule has 1 amide bonds. The second-order valence-electron chi connectivity index (χ2n) is 7.60. The minimum absolute atomic E-state index is 0.0766. The zero-order valence-electron chi connectivity index (χ0n) is 17.2. The summed E-state index contributed by atoms with van der Waals surface area (Å²) in [5.74, 6) is 0.521. The first kappa shape index (κ1) is 19.6. The van der Waals surface area contributed by atoms with E-state index in [4.69, 9.17) is 16.3 Å². The molecule has 1 atom stereocenters. The Morgan fingerprint density at radius 1 is 1.16 bits per heavy atom. The molecule has 0 bridgehead atoms. The fraction of sp³-hybridized carbons (Fsp3) is 0.208. The normalized spacial score (nSPS) is 15.7. The van der Waals surface area contributed by atoms with Gasteiger partial charge in [-0.1, -0.05) is 29.8 Å². The molecule has 1 aromatic carbocycles. The van der Waals surface area contributed by atoms with E-state index in [1.165, 1.54) is 5.56 Å². The van der Waals surface area contributed by atoms with Crippen LogP contribution in [0.2, 0.25) is 5.02 Å². The van der Waals surface area contributed by atoms with E-state index in [2.05, 4.69) is 29.1 Å². The first-order valence-electron chi connectivity index (χ1n) is 10.1. The van der Waals surface area contributed by atoms with Crippen LogP contribution in [-0.4, -0.2) is 39.1 Å². The summed E-state index contributed by atoms with van der Waals surface area (Å²) in [5.41, 5.74) is 5.68. The molecule has 0 fully saturated rings. The number of fused-ring (bicyclic) bond motifs is 2. The van der Waals surface area contributed by atoms with E-state index in [0.717, 1.165) is 28.6 Å². The fourth-order valence-corrected chi connectivity index (χ4v) is 4.53. The van der Waals surface area contributed by atoms with Gasteiger partial charge in [-0.15, -0.1) is 0 Å². The average molecular weight is 433 g/mol. The number of aromatic nitrogens is 3. The molecule has 0 spiro atoms. The average Bonchev–Trinajstić information content (AvgIpc) is 3.22. The monoisotopic (exact) mass is 432 g/mol. The number of carbonyl (C=O) groups excluding carboxylic acids is 1. The van der Waals surface area contributed by atoms with Crippen molar-refractivity contribution in [1.82, 2.24) is 19.5 Å². The summed E-state index contributed by atoms with van der Waals surface area (Å²) >= 11 is 6.05. The highest BCUT2D eigenvalue weighted by molar-refractivity contribution is 6.30. The Hall–Kier alpha value is -3.38. The smallest absolute Gasteiger partial charge is 0.274 e. The van der Waals surface area contributed by atoms with Crippen LogP contribution < -0.4 is 4.74 Å². The van der Waals surface area contributed by atoms with Crippen molar-refractivity contribution in [1.29, 1.82) is 0 Å². The topological polar surface area (TPSA) is 59.7 Å². The maximum atomic E-state index is 13.3. The number of pyridine rings is 2. The Bertz CT molecular complexity index is 1300. The van der Waals surface area contributed by atoms with Crippen LogP contribution in [-0.2, 0) is 6.42 Å². The van der Waals surface area contributed by atoms with Crippen LogP contribution in [0.25, 0.3) is 16.6 Å². The number of nitrogens with zero attached hydrogens (tertiary/aromatic N) is 4.